The summed E-state index contributed by atoms with van der Waals surface area (Å²) in [6, 6.07) is 1.42. The minimum Gasteiger partial charge on any atom is -0.479 e. The molecular formula is C9H9N3O3. The van der Waals surface area contributed by atoms with E-state index in [1.54, 1.807) is 13.1 Å². The zero-order chi connectivity index (χ0) is 11.0. The SMILES string of the molecule is COc1nc(C)cn2nc(C(=O)O)cc12. The van der Waals surface area contributed by atoms with Crippen molar-refractivity contribution in [3.05, 3.63) is 23.7 Å². The molecule has 15 heavy (non-hydrogen) atoms. The average Bonchev–Trinajstić information content (AvgIpc) is 2.59. The molecule has 0 aliphatic carbocycles. The van der Waals surface area contributed by atoms with Gasteiger partial charge in [0.1, 0.15) is 5.52 Å². The lowest BCUT2D eigenvalue weighted by atomic mass is 10.4. The molecule has 2 heterocycles. The van der Waals surface area contributed by atoms with Crippen LogP contribution in [0.4, 0.5) is 0 Å². The molecule has 6 heteroatoms. The van der Waals surface area contributed by atoms with Crippen LogP contribution in [0.2, 0.25) is 0 Å². The molecule has 0 spiro atoms. The van der Waals surface area contributed by atoms with E-state index in [4.69, 9.17) is 9.84 Å². The molecule has 2 rings (SSSR count). The first-order chi connectivity index (χ1) is 7.11. The number of carbonyl (C=O) groups is 1. The summed E-state index contributed by atoms with van der Waals surface area (Å²) in [5, 5.41) is 12.7. The van der Waals surface area contributed by atoms with E-state index < -0.39 is 5.97 Å². The van der Waals surface area contributed by atoms with Gasteiger partial charge in [0.15, 0.2) is 5.69 Å². The third-order valence-electron chi connectivity index (χ3n) is 1.95. The summed E-state index contributed by atoms with van der Waals surface area (Å²) >= 11 is 0. The maximum absolute atomic E-state index is 10.7. The Morgan fingerprint density at radius 2 is 2.33 bits per heavy atom. The van der Waals surface area contributed by atoms with E-state index >= 15 is 0 Å². The highest BCUT2D eigenvalue weighted by atomic mass is 16.5. The lowest BCUT2D eigenvalue weighted by Crippen LogP contribution is -1.99. The quantitative estimate of drug-likeness (QED) is 0.786. The molecule has 0 unspecified atom stereocenters. The van der Waals surface area contributed by atoms with Crippen LogP contribution < -0.4 is 4.74 Å². The van der Waals surface area contributed by atoms with Gasteiger partial charge in [0.2, 0.25) is 5.88 Å². The number of hydrogen-bond acceptors (Lipinski definition) is 4. The van der Waals surface area contributed by atoms with Gasteiger partial charge in [-0.1, -0.05) is 0 Å². The molecule has 78 valence electrons. The molecule has 0 saturated heterocycles. The Balaban J connectivity index is 2.74. The number of hydrogen-bond donors (Lipinski definition) is 1. The van der Waals surface area contributed by atoms with E-state index in [1.165, 1.54) is 17.7 Å². The van der Waals surface area contributed by atoms with E-state index in [0.29, 0.717) is 17.1 Å². The molecule has 0 bridgehead atoms. The number of aromatic nitrogens is 3. The van der Waals surface area contributed by atoms with Gasteiger partial charge in [-0.15, -0.1) is 0 Å². The van der Waals surface area contributed by atoms with Crippen LogP contribution in [0.1, 0.15) is 16.2 Å². The van der Waals surface area contributed by atoms with Gasteiger partial charge in [0.05, 0.1) is 19.0 Å². The van der Waals surface area contributed by atoms with Gasteiger partial charge in [-0.2, -0.15) is 5.10 Å². The summed E-state index contributed by atoms with van der Waals surface area (Å²) < 4.78 is 6.49. The van der Waals surface area contributed by atoms with Gasteiger partial charge in [-0.3, -0.25) is 0 Å². The van der Waals surface area contributed by atoms with Crippen molar-refractivity contribution in [3.63, 3.8) is 0 Å². The molecule has 0 fully saturated rings. The van der Waals surface area contributed by atoms with Gasteiger partial charge in [-0.25, -0.2) is 14.3 Å². The maximum atomic E-state index is 10.7. The first-order valence-corrected chi connectivity index (χ1v) is 4.26. The van der Waals surface area contributed by atoms with Gasteiger partial charge in [0, 0.05) is 6.07 Å². The number of nitrogens with zero attached hydrogens (tertiary/aromatic N) is 3. The van der Waals surface area contributed by atoms with Crippen molar-refractivity contribution in [1.82, 2.24) is 14.6 Å². The number of fused-ring (bicyclic) bond motifs is 1. The van der Waals surface area contributed by atoms with E-state index in [9.17, 15) is 4.79 Å². The number of aryl methyl sites for hydroxylation is 1. The van der Waals surface area contributed by atoms with E-state index in [0.717, 1.165) is 0 Å². The summed E-state index contributed by atoms with van der Waals surface area (Å²) in [5.74, 6) is -0.701. The van der Waals surface area contributed by atoms with Crippen LogP contribution in [-0.4, -0.2) is 32.8 Å². The maximum Gasteiger partial charge on any atom is 0.356 e. The Labute approximate surface area is 85.1 Å². The topological polar surface area (TPSA) is 76.7 Å². The molecule has 0 aliphatic rings. The van der Waals surface area contributed by atoms with Crippen LogP contribution in [0, 0.1) is 6.92 Å². The van der Waals surface area contributed by atoms with Crippen molar-refractivity contribution in [3.8, 4) is 5.88 Å². The summed E-state index contributed by atoms with van der Waals surface area (Å²) in [5.41, 5.74) is 1.22. The zero-order valence-electron chi connectivity index (χ0n) is 8.26. The van der Waals surface area contributed by atoms with E-state index in [-0.39, 0.29) is 5.69 Å². The first-order valence-electron chi connectivity index (χ1n) is 4.26. The van der Waals surface area contributed by atoms with Crippen molar-refractivity contribution in [1.29, 1.82) is 0 Å². The Morgan fingerprint density at radius 3 is 2.93 bits per heavy atom. The largest absolute Gasteiger partial charge is 0.479 e. The summed E-state index contributed by atoms with van der Waals surface area (Å²) in [7, 11) is 1.48. The second-order valence-corrected chi connectivity index (χ2v) is 3.06. The second kappa shape index (κ2) is 3.23. The summed E-state index contributed by atoms with van der Waals surface area (Å²) in [6.45, 7) is 1.78. The standard InChI is InChI=1S/C9H9N3O3/c1-5-4-12-7(8(10-5)15-2)3-6(11-12)9(13)14/h3-4H,1-2H3,(H,13,14). The lowest BCUT2D eigenvalue weighted by Gasteiger charge is -2.01. The van der Waals surface area contributed by atoms with Crippen LogP contribution in [0.15, 0.2) is 12.3 Å². The third-order valence-corrected chi connectivity index (χ3v) is 1.95. The van der Waals surface area contributed by atoms with E-state index in [2.05, 4.69) is 10.1 Å². The van der Waals surface area contributed by atoms with Crippen molar-refractivity contribution < 1.29 is 14.6 Å². The van der Waals surface area contributed by atoms with Crippen molar-refractivity contribution in [2.45, 2.75) is 6.92 Å². The zero-order valence-corrected chi connectivity index (χ0v) is 8.26. The highest BCUT2D eigenvalue weighted by Crippen LogP contribution is 2.18. The third kappa shape index (κ3) is 1.50. The molecule has 1 N–H and O–H groups in total. The minimum absolute atomic E-state index is 0.0271. The van der Waals surface area contributed by atoms with Crippen LogP contribution in [0.5, 0.6) is 5.88 Å². The smallest absolute Gasteiger partial charge is 0.356 e. The molecular weight excluding hydrogens is 198 g/mol. The Morgan fingerprint density at radius 1 is 1.60 bits per heavy atom. The number of ether oxygens (including phenoxy) is 1. The normalized spacial score (nSPS) is 10.5. The second-order valence-electron chi connectivity index (χ2n) is 3.06. The van der Waals surface area contributed by atoms with Crippen molar-refractivity contribution in [2.24, 2.45) is 0 Å². The van der Waals surface area contributed by atoms with Gasteiger partial charge in [0.25, 0.3) is 0 Å². The molecule has 0 amide bonds. The monoisotopic (exact) mass is 207 g/mol. The first kappa shape index (κ1) is 9.45. The van der Waals surface area contributed by atoms with Crippen molar-refractivity contribution >= 4 is 11.5 Å². The molecule has 0 saturated carbocycles. The Kier molecular flexibility index (Phi) is 2.03. The van der Waals surface area contributed by atoms with E-state index in [1.807, 2.05) is 0 Å². The molecule has 2 aromatic heterocycles. The molecule has 0 atom stereocenters. The van der Waals surface area contributed by atoms with Gasteiger partial charge >= 0.3 is 5.97 Å². The molecule has 0 radical (unpaired) electrons. The van der Waals surface area contributed by atoms with Gasteiger partial charge < -0.3 is 9.84 Å². The highest BCUT2D eigenvalue weighted by Gasteiger charge is 2.13. The van der Waals surface area contributed by atoms with Crippen LogP contribution in [0.25, 0.3) is 5.52 Å². The predicted molar refractivity (Wildman–Crippen MR) is 51.2 cm³/mol. The number of carboxylic acid groups (broad SMARTS) is 1. The van der Waals surface area contributed by atoms with Crippen molar-refractivity contribution in [2.75, 3.05) is 7.11 Å². The average molecular weight is 207 g/mol. The predicted octanol–water partition coefficient (Wildman–Crippen LogP) is 0.745. The highest BCUT2D eigenvalue weighted by molar-refractivity contribution is 5.87. The molecule has 2 aromatic rings. The number of methoxy groups -OCH3 is 1. The fraction of sp³-hybridized carbons (Fsp3) is 0.222. The molecule has 0 aromatic carbocycles. The number of carboxylic acids is 1. The van der Waals surface area contributed by atoms with Gasteiger partial charge in [-0.05, 0) is 6.92 Å². The minimum atomic E-state index is -1.07. The Hall–Kier alpha value is -2.11. The van der Waals surface area contributed by atoms with Crippen LogP contribution in [0.3, 0.4) is 0 Å². The summed E-state index contributed by atoms with van der Waals surface area (Å²) in [6.07, 6.45) is 1.64. The van der Waals surface area contributed by atoms with Crippen LogP contribution >= 0.6 is 0 Å². The Bertz CT molecular complexity index is 533. The number of aromatic carboxylic acids is 1. The number of rotatable bonds is 2. The molecule has 6 nitrogen and oxygen atoms in total. The lowest BCUT2D eigenvalue weighted by molar-refractivity contribution is 0.0690. The van der Waals surface area contributed by atoms with Crippen LogP contribution in [-0.2, 0) is 0 Å². The fourth-order valence-electron chi connectivity index (χ4n) is 1.33. The summed E-state index contributed by atoms with van der Waals surface area (Å²) in [4.78, 5) is 14.8. The fourth-order valence-corrected chi connectivity index (χ4v) is 1.33. The molecule has 0 aliphatic heterocycles.